The summed E-state index contributed by atoms with van der Waals surface area (Å²) in [6, 6.07) is 7.68. The number of imidazole rings is 1. The molecule has 18 heavy (non-hydrogen) atoms. The largest absolute Gasteiger partial charge is 0.396 e. The molecule has 5 heteroatoms. The monoisotopic (exact) mass is 236 g/mol. The first-order valence-electron chi connectivity index (χ1n) is 5.54. The van der Waals surface area contributed by atoms with Crippen molar-refractivity contribution in [1.82, 2.24) is 14.4 Å². The van der Waals surface area contributed by atoms with E-state index in [1.165, 1.54) is 0 Å². The minimum absolute atomic E-state index is 0.310. The minimum Gasteiger partial charge on any atom is -0.396 e. The van der Waals surface area contributed by atoms with Crippen molar-refractivity contribution in [2.24, 2.45) is 5.73 Å². The van der Waals surface area contributed by atoms with Gasteiger partial charge in [-0.3, -0.25) is 9.20 Å². The maximum atomic E-state index is 11.9. The lowest BCUT2D eigenvalue weighted by atomic mass is 10.1. The average molecular weight is 236 g/mol. The Kier molecular flexibility index (Phi) is 1.53. The van der Waals surface area contributed by atoms with Gasteiger partial charge in [-0.05, 0) is 0 Å². The molecule has 0 fully saturated rings. The van der Waals surface area contributed by atoms with Gasteiger partial charge >= 0.3 is 5.56 Å². The summed E-state index contributed by atoms with van der Waals surface area (Å²) >= 11 is 0. The van der Waals surface area contributed by atoms with Crippen molar-refractivity contribution < 1.29 is 0 Å². The summed E-state index contributed by atoms with van der Waals surface area (Å²) in [5.41, 5.74) is 9.23. The Bertz CT molecular complexity index is 910. The molecule has 4 rings (SSSR count). The van der Waals surface area contributed by atoms with Gasteiger partial charge in [0.1, 0.15) is 5.69 Å². The third-order valence-corrected chi connectivity index (χ3v) is 3.24. The van der Waals surface area contributed by atoms with Crippen molar-refractivity contribution in [3.63, 3.8) is 0 Å². The molecule has 2 aromatic heterocycles. The van der Waals surface area contributed by atoms with E-state index in [4.69, 9.17) is 5.73 Å². The van der Waals surface area contributed by atoms with Crippen molar-refractivity contribution >= 4 is 11.3 Å². The molecular weight excluding hydrogens is 228 g/mol. The van der Waals surface area contributed by atoms with Crippen LogP contribution in [0.4, 0.5) is 0 Å². The molecule has 86 valence electrons. The van der Waals surface area contributed by atoms with Gasteiger partial charge in [-0.15, -0.1) is 0 Å². The van der Waals surface area contributed by atoms with Crippen LogP contribution in [0.5, 0.6) is 0 Å². The lowest BCUT2D eigenvalue weighted by molar-refractivity contribution is 1.05. The quantitative estimate of drug-likeness (QED) is 0.591. The van der Waals surface area contributed by atoms with E-state index in [-0.39, 0.29) is 5.56 Å². The van der Waals surface area contributed by atoms with Crippen LogP contribution in [-0.4, -0.2) is 14.4 Å². The zero-order valence-corrected chi connectivity index (χ0v) is 9.29. The average Bonchev–Trinajstić information content (AvgIpc) is 2.95. The smallest absolute Gasteiger partial charge is 0.313 e. The summed E-state index contributed by atoms with van der Waals surface area (Å²) in [7, 11) is 0. The van der Waals surface area contributed by atoms with E-state index in [1.807, 2.05) is 24.3 Å². The highest BCUT2D eigenvalue weighted by Gasteiger charge is 2.22. The van der Waals surface area contributed by atoms with Gasteiger partial charge in [-0.1, -0.05) is 24.3 Å². The van der Waals surface area contributed by atoms with Gasteiger partial charge in [0, 0.05) is 23.5 Å². The molecule has 0 aliphatic heterocycles. The summed E-state index contributed by atoms with van der Waals surface area (Å²) in [6.07, 6.45) is 3.31. The number of nitrogens with two attached hydrogens (primary N) is 1. The first-order chi connectivity index (χ1) is 8.77. The highest BCUT2D eigenvalue weighted by atomic mass is 16.1. The third kappa shape index (κ3) is 0.940. The van der Waals surface area contributed by atoms with Crippen molar-refractivity contribution in [3.8, 4) is 11.3 Å². The van der Waals surface area contributed by atoms with E-state index in [0.717, 1.165) is 16.5 Å². The minimum atomic E-state index is -0.330. The van der Waals surface area contributed by atoms with Crippen LogP contribution in [0, 0.1) is 0 Å². The SMILES string of the molecule is NC1=c2c(nc(=O)c3nccn23)-c2ccccc21. The number of benzene rings is 1. The molecule has 2 heterocycles. The Labute approximate surface area is 101 Å². The van der Waals surface area contributed by atoms with Crippen LogP contribution < -0.4 is 16.6 Å². The molecule has 0 radical (unpaired) electrons. The predicted octanol–water partition coefficient (Wildman–Crippen LogP) is -0.0960. The second kappa shape index (κ2) is 2.95. The fraction of sp³-hybridized carbons (Fsp3) is 0. The molecule has 0 unspecified atom stereocenters. The van der Waals surface area contributed by atoms with E-state index < -0.39 is 0 Å². The normalized spacial score (nSPS) is 12.8. The molecule has 0 atom stereocenters. The Balaban J connectivity index is 2.35. The lowest BCUT2D eigenvalue weighted by Crippen LogP contribution is -2.26. The number of aromatic nitrogens is 3. The third-order valence-electron chi connectivity index (χ3n) is 3.24. The van der Waals surface area contributed by atoms with E-state index in [0.29, 0.717) is 17.0 Å². The zero-order valence-electron chi connectivity index (χ0n) is 9.29. The molecule has 0 bridgehead atoms. The van der Waals surface area contributed by atoms with E-state index in [2.05, 4.69) is 9.97 Å². The van der Waals surface area contributed by atoms with Crippen molar-refractivity contribution in [1.29, 1.82) is 0 Å². The first kappa shape index (κ1) is 9.35. The Hall–Kier alpha value is -2.69. The van der Waals surface area contributed by atoms with Gasteiger partial charge in [0.25, 0.3) is 0 Å². The molecule has 3 aromatic rings. The molecule has 0 saturated heterocycles. The van der Waals surface area contributed by atoms with Gasteiger partial charge in [0.2, 0.25) is 5.65 Å². The lowest BCUT2D eigenvalue weighted by Gasteiger charge is -1.98. The highest BCUT2D eigenvalue weighted by Crippen LogP contribution is 2.26. The molecule has 1 aromatic carbocycles. The fourth-order valence-electron chi connectivity index (χ4n) is 2.46. The van der Waals surface area contributed by atoms with Gasteiger partial charge < -0.3 is 5.73 Å². The van der Waals surface area contributed by atoms with Crippen LogP contribution in [-0.2, 0) is 0 Å². The standard InChI is InChI=1S/C13H8N4O/c14-9-7-3-1-2-4-8(7)10-11(9)17-6-5-15-12(17)13(18)16-10/h1-6H,14H2. The molecule has 0 spiro atoms. The van der Waals surface area contributed by atoms with Gasteiger partial charge in [-0.25, -0.2) is 9.97 Å². The van der Waals surface area contributed by atoms with Crippen molar-refractivity contribution in [2.45, 2.75) is 0 Å². The summed E-state index contributed by atoms with van der Waals surface area (Å²) in [6.45, 7) is 0. The molecular formula is C13H8N4O. The van der Waals surface area contributed by atoms with Gasteiger partial charge in [0.05, 0.1) is 11.0 Å². The molecule has 0 amide bonds. The Morgan fingerprint density at radius 1 is 1.17 bits per heavy atom. The second-order valence-electron chi connectivity index (χ2n) is 4.19. The van der Waals surface area contributed by atoms with Crippen molar-refractivity contribution in [2.75, 3.05) is 0 Å². The van der Waals surface area contributed by atoms with E-state index in [1.54, 1.807) is 16.8 Å². The maximum absolute atomic E-state index is 11.9. The second-order valence-corrected chi connectivity index (χ2v) is 4.19. The highest BCUT2D eigenvalue weighted by molar-refractivity contribution is 5.85. The van der Waals surface area contributed by atoms with E-state index in [9.17, 15) is 4.79 Å². The number of fused-ring (bicyclic) bond motifs is 5. The van der Waals surface area contributed by atoms with Gasteiger partial charge in [-0.2, -0.15) is 0 Å². The number of hydrogen-bond donors (Lipinski definition) is 1. The van der Waals surface area contributed by atoms with Crippen LogP contribution in [0.1, 0.15) is 5.56 Å². The molecule has 5 nitrogen and oxygen atoms in total. The maximum Gasteiger partial charge on any atom is 0.313 e. The van der Waals surface area contributed by atoms with Crippen LogP contribution in [0.25, 0.3) is 22.6 Å². The molecule has 0 saturated carbocycles. The Morgan fingerprint density at radius 3 is 2.78 bits per heavy atom. The zero-order chi connectivity index (χ0) is 12.3. The fourth-order valence-corrected chi connectivity index (χ4v) is 2.46. The summed E-state index contributed by atoms with van der Waals surface area (Å²) in [5.74, 6) is 0. The summed E-state index contributed by atoms with van der Waals surface area (Å²) in [5, 5.41) is 0.753. The first-order valence-corrected chi connectivity index (χ1v) is 5.54. The van der Waals surface area contributed by atoms with Gasteiger partial charge in [0.15, 0.2) is 0 Å². The Morgan fingerprint density at radius 2 is 1.94 bits per heavy atom. The van der Waals surface area contributed by atoms with E-state index >= 15 is 0 Å². The van der Waals surface area contributed by atoms with Crippen LogP contribution >= 0.6 is 0 Å². The molecule has 1 aliphatic carbocycles. The topological polar surface area (TPSA) is 73.3 Å². The molecule has 1 aliphatic rings. The predicted molar refractivity (Wildman–Crippen MR) is 66.6 cm³/mol. The number of nitrogens with zero attached hydrogens (tertiary/aromatic N) is 3. The number of hydrogen-bond acceptors (Lipinski definition) is 4. The van der Waals surface area contributed by atoms with Crippen LogP contribution in [0.15, 0.2) is 41.5 Å². The summed E-state index contributed by atoms with van der Waals surface area (Å²) in [4.78, 5) is 20.0. The molecule has 2 N–H and O–H groups in total. The number of rotatable bonds is 0. The van der Waals surface area contributed by atoms with Crippen LogP contribution in [0.2, 0.25) is 0 Å². The summed E-state index contributed by atoms with van der Waals surface area (Å²) < 4.78 is 1.71. The van der Waals surface area contributed by atoms with Crippen molar-refractivity contribution in [3.05, 3.63) is 57.9 Å². The van der Waals surface area contributed by atoms with Crippen LogP contribution in [0.3, 0.4) is 0 Å².